The van der Waals surface area contributed by atoms with Crippen molar-refractivity contribution >= 4 is 23.5 Å². The summed E-state index contributed by atoms with van der Waals surface area (Å²) in [6.45, 7) is 6.74. The molecule has 1 aliphatic rings. The van der Waals surface area contributed by atoms with Gasteiger partial charge in [-0.05, 0) is 33.3 Å². The number of aromatic nitrogens is 3. The quantitative estimate of drug-likeness (QED) is 0.866. The van der Waals surface area contributed by atoms with Gasteiger partial charge in [0.25, 0.3) is 0 Å². The van der Waals surface area contributed by atoms with Crippen LogP contribution in [-0.2, 0) is 4.74 Å². The predicted molar refractivity (Wildman–Crippen MR) is 89.9 cm³/mol. The summed E-state index contributed by atoms with van der Waals surface area (Å²) in [6.07, 6.45) is 3.29. The molecule has 9 heteroatoms. The van der Waals surface area contributed by atoms with Crippen LogP contribution in [0.25, 0.3) is 5.65 Å². The third-order valence-electron chi connectivity index (χ3n) is 3.82. The number of ether oxygens (including phenoxy) is 1. The normalized spacial score (nSPS) is 17.7. The van der Waals surface area contributed by atoms with Crippen molar-refractivity contribution in [3.05, 3.63) is 24.0 Å². The van der Waals surface area contributed by atoms with Crippen LogP contribution in [0.15, 0.2) is 18.5 Å². The number of carbonyl (C=O) groups is 2. The fraction of sp³-hybridized carbons (Fsp3) is 0.500. The number of carboxylic acids is 1. The number of hydrogen-bond acceptors (Lipinski definition) is 6. The predicted octanol–water partition coefficient (Wildman–Crippen LogP) is 1.53. The molecule has 1 atom stereocenters. The fourth-order valence-electron chi connectivity index (χ4n) is 2.75. The topological polar surface area (TPSA) is 109 Å². The van der Waals surface area contributed by atoms with E-state index >= 15 is 0 Å². The van der Waals surface area contributed by atoms with Gasteiger partial charge in [0.05, 0.1) is 12.2 Å². The molecule has 1 saturated heterocycles. The molecule has 2 N–H and O–H groups in total. The van der Waals surface area contributed by atoms with Gasteiger partial charge in [-0.25, -0.2) is 19.1 Å². The number of nitrogens with one attached hydrogen (secondary N) is 1. The third-order valence-corrected chi connectivity index (χ3v) is 3.82. The Balaban J connectivity index is 1.69. The number of hydrogen-bond donors (Lipinski definition) is 2. The van der Waals surface area contributed by atoms with E-state index in [0.29, 0.717) is 24.6 Å². The number of fused-ring (bicyclic) bond motifs is 1. The summed E-state index contributed by atoms with van der Waals surface area (Å²) in [7, 11) is 0. The summed E-state index contributed by atoms with van der Waals surface area (Å²) in [5.41, 5.74) is -0.178. The van der Waals surface area contributed by atoms with Crippen molar-refractivity contribution in [1.29, 1.82) is 0 Å². The van der Waals surface area contributed by atoms with Gasteiger partial charge in [-0.15, -0.1) is 0 Å². The Hall–Kier alpha value is -2.84. The molecule has 2 aromatic heterocycles. The van der Waals surface area contributed by atoms with Crippen molar-refractivity contribution in [2.75, 3.05) is 18.0 Å². The van der Waals surface area contributed by atoms with Crippen molar-refractivity contribution in [1.82, 2.24) is 19.9 Å². The van der Waals surface area contributed by atoms with Gasteiger partial charge < -0.3 is 20.1 Å². The maximum atomic E-state index is 11.9. The van der Waals surface area contributed by atoms with Crippen molar-refractivity contribution < 1.29 is 19.4 Å². The maximum absolute atomic E-state index is 11.9. The summed E-state index contributed by atoms with van der Waals surface area (Å²) >= 11 is 0. The molecule has 0 aromatic carbocycles. The van der Waals surface area contributed by atoms with Gasteiger partial charge in [-0.1, -0.05) is 0 Å². The van der Waals surface area contributed by atoms with Crippen LogP contribution >= 0.6 is 0 Å². The molecule has 0 aliphatic carbocycles. The number of anilines is 1. The van der Waals surface area contributed by atoms with Gasteiger partial charge in [0.1, 0.15) is 17.0 Å². The second-order valence-electron chi connectivity index (χ2n) is 7.00. The van der Waals surface area contributed by atoms with Crippen LogP contribution in [0.4, 0.5) is 10.6 Å². The van der Waals surface area contributed by atoms with Gasteiger partial charge in [0, 0.05) is 19.3 Å². The van der Waals surface area contributed by atoms with Crippen LogP contribution in [-0.4, -0.2) is 56.5 Å². The van der Waals surface area contributed by atoms with E-state index in [1.165, 1.54) is 10.7 Å². The minimum absolute atomic E-state index is 0.0447. The molecule has 3 rings (SSSR count). The first-order valence-corrected chi connectivity index (χ1v) is 8.05. The second-order valence-corrected chi connectivity index (χ2v) is 7.00. The number of carboxylic acid groups (broad SMARTS) is 1. The Kier molecular flexibility index (Phi) is 4.23. The zero-order valence-corrected chi connectivity index (χ0v) is 14.4. The Morgan fingerprint density at radius 3 is 2.84 bits per heavy atom. The van der Waals surface area contributed by atoms with E-state index in [4.69, 9.17) is 4.74 Å². The Morgan fingerprint density at radius 1 is 1.40 bits per heavy atom. The molecule has 3 heterocycles. The summed E-state index contributed by atoms with van der Waals surface area (Å²) in [4.78, 5) is 29.5. The monoisotopic (exact) mass is 347 g/mol. The van der Waals surface area contributed by atoms with Crippen LogP contribution in [0.5, 0.6) is 0 Å². The lowest BCUT2D eigenvalue weighted by molar-refractivity contribution is 0.0508. The fourth-order valence-corrected chi connectivity index (χ4v) is 2.75. The van der Waals surface area contributed by atoms with Crippen molar-refractivity contribution in [2.24, 2.45) is 0 Å². The number of rotatable bonds is 3. The van der Waals surface area contributed by atoms with E-state index in [1.807, 2.05) is 25.7 Å². The molecule has 1 aliphatic heterocycles. The Morgan fingerprint density at radius 2 is 2.16 bits per heavy atom. The second kappa shape index (κ2) is 6.23. The molecule has 1 fully saturated rings. The molecular weight excluding hydrogens is 326 g/mol. The SMILES string of the molecule is CC(C)(C)OC(=O)NC1CCN(c2ccn3ncc(C(=O)O)c3n2)C1. The average molecular weight is 347 g/mol. The first kappa shape index (κ1) is 17.0. The van der Waals surface area contributed by atoms with Crippen LogP contribution in [0.2, 0.25) is 0 Å². The zero-order valence-electron chi connectivity index (χ0n) is 14.4. The highest BCUT2D eigenvalue weighted by Gasteiger charge is 2.27. The number of alkyl carbamates (subject to hydrolysis) is 1. The summed E-state index contributed by atoms with van der Waals surface area (Å²) < 4.78 is 6.70. The smallest absolute Gasteiger partial charge is 0.407 e. The van der Waals surface area contributed by atoms with Crippen molar-refractivity contribution in [2.45, 2.75) is 38.8 Å². The lowest BCUT2D eigenvalue weighted by atomic mass is 10.2. The lowest BCUT2D eigenvalue weighted by Gasteiger charge is -2.22. The number of nitrogens with zero attached hydrogens (tertiary/aromatic N) is 4. The van der Waals surface area contributed by atoms with Gasteiger partial charge >= 0.3 is 12.1 Å². The number of amides is 1. The largest absolute Gasteiger partial charge is 0.477 e. The van der Waals surface area contributed by atoms with Gasteiger partial charge in [-0.3, -0.25) is 0 Å². The third kappa shape index (κ3) is 3.81. The summed E-state index contributed by atoms with van der Waals surface area (Å²) in [5.74, 6) is -0.408. The molecule has 1 amide bonds. The minimum Gasteiger partial charge on any atom is -0.477 e. The molecule has 0 saturated carbocycles. The maximum Gasteiger partial charge on any atom is 0.407 e. The van der Waals surface area contributed by atoms with E-state index in [9.17, 15) is 14.7 Å². The molecule has 0 radical (unpaired) electrons. The van der Waals surface area contributed by atoms with Crippen molar-refractivity contribution in [3.63, 3.8) is 0 Å². The number of carbonyl (C=O) groups excluding carboxylic acids is 1. The van der Waals surface area contributed by atoms with Crippen LogP contribution in [0, 0.1) is 0 Å². The van der Waals surface area contributed by atoms with Gasteiger partial charge in [0.2, 0.25) is 0 Å². The van der Waals surface area contributed by atoms with Crippen LogP contribution in [0.1, 0.15) is 37.6 Å². The van der Waals surface area contributed by atoms with Crippen LogP contribution in [0.3, 0.4) is 0 Å². The van der Waals surface area contributed by atoms with Crippen molar-refractivity contribution in [3.8, 4) is 0 Å². The highest BCUT2D eigenvalue weighted by atomic mass is 16.6. The number of aromatic carboxylic acids is 1. The van der Waals surface area contributed by atoms with E-state index in [1.54, 1.807) is 12.3 Å². The molecule has 9 nitrogen and oxygen atoms in total. The van der Waals surface area contributed by atoms with Crippen LogP contribution < -0.4 is 10.2 Å². The molecule has 2 aromatic rings. The summed E-state index contributed by atoms with van der Waals surface area (Å²) in [5, 5.41) is 16.0. The zero-order chi connectivity index (χ0) is 18.2. The molecule has 1 unspecified atom stereocenters. The first-order valence-electron chi connectivity index (χ1n) is 8.05. The van der Waals surface area contributed by atoms with E-state index in [0.717, 1.165) is 6.42 Å². The lowest BCUT2D eigenvalue weighted by Crippen LogP contribution is -2.40. The Labute approximate surface area is 144 Å². The Bertz CT molecular complexity index is 810. The van der Waals surface area contributed by atoms with E-state index in [-0.39, 0.29) is 11.6 Å². The molecule has 0 spiro atoms. The van der Waals surface area contributed by atoms with E-state index in [2.05, 4.69) is 15.4 Å². The molecule has 134 valence electrons. The summed E-state index contributed by atoms with van der Waals surface area (Å²) in [6, 6.07) is 1.73. The minimum atomic E-state index is -1.06. The molecular formula is C16H21N5O4. The van der Waals surface area contributed by atoms with E-state index < -0.39 is 17.7 Å². The molecule has 25 heavy (non-hydrogen) atoms. The standard InChI is InChI=1S/C16H21N5O4/c1-16(2,3)25-15(24)18-10-4-6-20(9-10)12-5-7-21-13(19-12)11(8-17-21)14(22)23/h5,7-8,10H,4,6,9H2,1-3H3,(H,18,24)(H,22,23). The highest BCUT2D eigenvalue weighted by Crippen LogP contribution is 2.20. The molecule has 0 bridgehead atoms. The first-order chi connectivity index (χ1) is 11.7. The average Bonchev–Trinajstić information content (AvgIpc) is 3.10. The highest BCUT2D eigenvalue weighted by molar-refractivity contribution is 5.94. The van der Waals surface area contributed by atoms with Gasteiger partial charge in [0.15, 0.2) is 5.65 Å². The van der Waals surface area contributed by atoms with Gasteiger partial charge in [-0.2, -0.15) is 5.10 Å².